The van der Waals surface area contributed by atoms with Crippen molar-refractivity contribution in [3.05, 3.63) is 105 Å². The van der Waals surface area contributed by atoms with Gasteiger partial charge < -0.3 is 10.2 Å². The molecule has 194 valence electrons. The van der Waals surface area contributed by atoms with Crippen molar-refractivity contribution < 1.29 is 9.59 Å². The van der Waals surface area contributed by atoms with Crippen LogP contribution in [0.4, 0.5) is 0 Å². The van der Waals surface area contributed by atoms with Crippen LogP contribution in [0.25, 0.3) is 0 Å². The fourth-order valence-corrected chi connectivity index (χ4v) is 5.51. The summed E-state index contributed by atoms with van der Waals surface area (Å²) in [6.45, 7) is 0.175. The van der Waals surface area contributed by atoms with Gasteiger partial charge in [-0.05, 0) is 47.7 Å². The summed E-state index contributed by atoms with van der Waals surface area (Å²) in [7, 11) is 0. The number of carbonyl (C=O) groups excluding carboxylic acids is 2. The van der Waals surface area contributed by atoms with Crippen molar-refractivity contribution in [1.82, 2.24) is 10.2 Å². The van der Waals surface area contributed by atoms with Gasteiger partial charge in [0.1, 0.15) is 6.04 Å². The van der Waals surface area contributed by atoms with Crippen molar-refractivity contribution in [2.45, 2.75) is 63.6 Å². The Bertz CT molecular complexity index is 1210. The van der Waals surface area contributed by atoms with E-state index in [-0.39, 0.29) is 30.8 Å². The van der Waals surface area contributed by atoms with E-state index in [1.54, 1.807) is 29.2 Å². The molecule has 0 heterocycles. The molecule has 0 bridgehead atoms. The highest BCUT2D eigenvalue weighted by atomic mass is 35.5. The number of nitrogens with zero attached hydrogens (tertiary/aromatic N) is 1. The lowest BCUT2D eigenvalue weighted by Crippen LogP contribution is -2.53. The van der Waals surface area contributed by atoms with Crippen LogP contribution >= 0.6 is 34.8 Å². The van der Waals surface area contributed by atoms with Gasteiger partial charge in [0.05, 0.1) is 6.42 Å². The summed E-state index contributed by atoms with van der Waals surface area (Å²) in [5, 5.41) is 4.73. The Morgan fingerprint density at radius 2 is 1.54 bits per heavy atom. The average molecular weight is 558 g/mol. The lowest BCUT2D eigenvalue weighted by atomic mass is 9.94. The van der Waals surface area contributed by atoms with Crippen molar-refractivity contribution in [3.8, 4) is 0 Å². The highest BCUT2D eigenvalue weighted by Gasteiger charge is 2.32. The zero-order valence-electron chi connectivity index (χ0n) is 20.6. The van der Waals surface area contributed by atoms with Crippen molar-refractivity contribution >= 4 is 46.6 Å². The summed E-state index contributed by atoms with van der Waals surface area (Å²) in [4.78, 5) is 29.4. The molecule has 1 N–H and O–H groups in total. The summed E-state index contributed by atoms with van der Waals surface area (Å²) in [5.41, 5.74) is 2.42. The summed E-state index contributed by atoms with van der Waals surface area (Å²) in [6.07, 6.45) is 5.78. The molecule has 0 radical (unpaired) electrons. The highest BCUT2D eigenvalue weighted by Crippen LogP contribution is 2.26. The molecule has 3 aromatic carbocycles. The van der Waals surface area contributed by atoms with E-state index in [0.717, 1.165) is 36.8 Å². The second-order valence-electron chi connectivity index (χ2n) is 9.57. The molecule has 7 heteroatoms. The Hall–Kier alpha value is -2.53. The van der Waals surface area contributed by atoms with Gasteiger partial charge in [0, 0.05) is 34.1 Å². The fourth-order valence-electron chi connectivity index (χ4n) is 4.84. The Balaban J connectivity index is 1.68. The Morgan fingerprint density at radius 1 is 0.838 bits per heavy atom. The predicted octanol–water partition coefficient (Wildman–Crippen LogP) is 7.28. The first kappa shape index (κ1) is 27.5. The molecule has 0 unspecified atom stereocenters. The topological polar surface area (TPSA) is 49.4 Å². The molecule has 3 aromatic rings. The van der Waals surface area contributed by atoms with E-state index in [9.17, 15) is 9.59 Å². The predicted molar refractivity (Wildman–Crippen MR) is 151 cm³/mol. The minimum absolute atomic E-state index is 0.0763. The first-order chi connectivity index (χ1) is 17.9. The van der Waals surface area contributed by atoms with Crippen LogP contribution in [0.15, 0.2) is 72.8 Å². The van der Waals surface area contributed by atoms with Crippen molar-refractivity contribution in [2.75, 3.05) is 0 Å². The van der Waals surface area contributed by atoms with Crippen LogP contribution in [0.3, 0.4) is 0 Å². The van der Waals surface area contributed by atoms with Gasteiger partial charge in [0.25, 0.3) is 0 Å². The molecule has 4 rings (SSSR count). The lowest BCUT2D eigenvalue weighted by Gasteiger charge is -2.34. The monoisotopic (exact) mass is 556 g/mol. The second-order valence-corrected chi connectivity index (χ2v) is 10.8. The molecular formula is C30H31Cl3N2O2. The number of hydrogen-bond acceptors (Lipinski definition) is 2. The van der Waals surface area contributed by atoms with Gasteiger partial charge in [-0.2, -0.15) is 0 Å². The molecule has 0 aliphatic heterocycles. The third-order valence-corrected chi connectivity index (χ3v) is 7.83. The van der Waals surface area contributed by atoms with E-state index in [1.165, 1.54) is 6.42 Å². The highest BCUT2D eigenvalue weighted by molar-refractivity contribution is 6.35. The van der Waals surface area contributed by atoms with Gasteiger partial charge >= 0.3 is 0 Å². The number of hydrogen-bond donors (Lipinski definition) is 1. The minimum Gasteiger partial charge on any atom is -0.352 e. The number of carbonyl (C=O) groups is 2. The maximum absolute atomic E-state index is 13.9. The van der Waals surface area contributed by atoms with Crippen LogP contribution in [0, 0.1) is 0 Å². The zero-order valence-corrected chi connectivity index (χ0v) is 22.9. The number of halogens is 3. The molecule has 37 heavy (non-hydrogen) atoms. The largest absolute Gasteiger partial charge is 0.352 e. The molecule has 0 spiro atoms. The van der Waals surface area contributed by atoms with E-state index < -0.39 is 6.04 Å². The number of nitrogens with one attached hydrogen (secondary N) is 1. The van der Waals surface area contributed by atoms with E-state index in [4.69, 9.17) is 34.8 Å². The smallest absolute Gasteiger partial charge is 0.243 e. The van der Waals surface area contributed by atoms with Crippen LogP contribution in [0.1, 0.15) is 48.8 Å². The first-order valence-electron chi connectivity index (χ1n) is 12.7. The third-order valence-electron chi connectivity index (χ3n) is 6.88. The quantitative estimate of drug-likeness (QED) is 0.301. The molecule has 0 aromatic heterocycles. The standard InChI is InChI=1S/C30H31Cl3N2O2/c31-24-16-15-23(27(33)19-24)20-35(29(36)18-22-11-7-8-14-26(22)32)28(17-21-9-3-1-4-10-21)30(37)34-25-12-5-2-6-13-25/h1,3-4,7-11,14-16,19,25,28H,2,5-6,12-13,17-18,20H2,(H,34,37)/t28-/m1/s1. The Kier molecular flexibility index (Phi) is 9.90. The summed E-state index contributed by atoms with van der Waals surface area (Å²) >= 11 is 19.0. The van der Waals surface area contributed by atoms with E-state index in [2.05, 4.69) is 5.32 Å². The van der Waals surface area contributed by atoms with E-state index in [1.807, 2.05) is 48.5 Å². The molecule has 4 nitrogen and oxygen atoms in total. The molecule has 1 saturated carbocycles. The van der Waals surface area contributed by atoms with Crippen molar-refractivity contribution in [1.29, 1.82) is 0 Å². The molecule has 1 atom stereocenters. The maximum Gasteiger partial charge on any atom is 0.243 e. The zero-order chi connectivity index (χ0) is 26.2. The van der Waals surface area contributed by atoms with Crippen LogP contribution in [0.5, 0.6) is 0 Å². The van der Waals surface area contributed by atoms with E-state index in [0.29, 0.717) is 27.1 Å². The third kappa shape index (κ3) is 7.73. The number of amides is 2. The fraction of sp³-hybridized carbons (Fsp3) is 0.333. The Labute approximate surface area is 233 Å². The van der Waals surface area contributed by atoms with Crippen molar-refractivity contribution in [3.63, 3.8) is 0 Å². The van der Waals surface area contributed by atoms with Gasteiger partial charge in [-0.25, -0.2) is 0 Å². The first-order valence-corrected chi connectivity index (χ1v) is 13.8. The SMILES string of the molecule is O=C(NC1CCCCC1)[C@@H](Cc1ccccc1)N(Cc1ccc(Cl)cc1Cl)C(=O)Cc1ccccc1Cl. The summed E-state index contributed by atoms with van der Waals surface area (Å²) in [6, 6.07) is 21.7. The number of benzene rings is 3. The van der Waals surface area contributed by atoms with E-state index >= 15 is 0 Å². The summed E-state index contributed by atoms with van der Waals surface area (Å²) in [5.74, 6) is -0.341. The van der Waals surface area contributed by atoms with Gasteiger partial charge in [-0.15, -0.1) is 0 Å². The average Bonchev–Trinajstić information content (AvgIpc) is 2.89. The molecule has 0 saturated heterocycles. The minimum atomic E-state index is -0.717. The molecule has 1 aliphatic rings. The maximum atomic E-state index is 13.9. The van der Waals surface area contributed by atoms with Gasteiger partial charge in [-0.1, -0.05) is 109 Å². The van der Waals surface area contributed by atoms with Crippen LogP contribution in [-0.4, -0.2) is 28.8 Å². The second kappa shape index (κ2) is 13.3. The lowest BCUT2D eigenvalue weighted by molar-refractivity contribution is -0.141. The molecule has 1 fully saturated rings. The van der Waals surface area contributed by atoms with Gasteiger partial charge in [0.15, 0.2) is 0 Å². The van der Waals surface area contributed by atoms with Gasteiger partial charge in [0.2, 0.25) is 11.8 Å². The number of rotatable bonds is 9. The Morgan fingerprint density at radius 3 is 2.24 bits per heavy atom. The summed E-state index contributed by atoms with van der Waals surface area (Å²) < 4.78 is 0. The van der Waals surface area contributed by atoms with Crippen LogP contribution in [0.2, 0.25) is 15.1 Å². The van der Waals surface area contributed by atoms with Crippen LogP contribution < -0.4 is 5.32 Å². The van der Waals surface area contributed by atoms with Crippen LogP contribution in [-0.2, 0) is 29.0 Å². The van der Waals surface area contributed by atoms with Crippen molar-refractivity contribution in [2.24, 2.45) is 0 Å². The molecular weight excluding hydrogens is 527 g/mol. The van der Waals surface area contributed by atoms with Gasteiger partial charge in [-0.3, -0.25) is 9.59 Å². The molecule has 2 amide bonds. The normalized spacial score (nSPS) is 14.7. The molecule has 1 aliphatic carbocycles.